The van der Waals surface area contributed by atoms with Gasteiger partial charge >= 0.3 is 0 Å². The van der Waals surface area contributed by atoms with Gasteiger partial charge in [-0.3, -0.25) is 9.59 Å². The summed E-state index contributed by atoms with van der Waals surface area (Å²) in [7, 11) is 1.53. The van der Waals surface area contributed by atoms with E-state index in [0.717, 1.165) is 5.56 Å². The summed E-state index contributed by atoms with van der Waals surface area (Å²) in [5, 5.41) is 8.41. The normalized spacial score (nSPS) is 11.9. The Labute approximate surface area is 237 Å². The minimum absolute atomic E-state index is 0.166. The van der Waals surface area contributed by atoms with Gasteiger partial charge in [0.05, 0.1) is 13.3 Å². The highest BCUT2D eigenvalue weighted by Crippen LogP contribution is 2.30. The Morgan fingerprint density at radius 3 is 2.32 bits per heavy atom. The molecule has 1 atom stereocenters. The summed E-state index contributed by atoms with van der Waals surface area (Å²) in [5.74, 6) is 0.371. The quantitative estimate of drug-likeness (QED) is 0.201. The molecule has 0 aliphatic rings. The number of methoxy groups -OCH3 is 1. The van der Waals surface area contributed by atoms with E-state index in [9.17, 15) is 9.59 Å². The summed E-state index contributed by atoms with van der Waals surface area (Å²) < 4.78 is 11.3. The molecule has 0 aromatic heterocycles. The summed E-state index contributed by atoms with van der Waals surface area (Å²) in [4.78, 5) is 25.4. The molecule has 2 N–H and O–H groups in total. The predicted molar refractivity (Wildman–Crippen MR) is 152 cm³/mol. The van der Waals surface area contributed by atoms with E-state index < -0.39 is 11.9 Å². The van der Waals surface area contributed by atoms with Crippen LogP contribution in [-0.4, -0.2) is 31.2 Å². The van der Waals surface area contributed by atoms with Crippen molar-refractivity contribution in [3.05, 3.63) is 92.4 Å². The van der Waals surface area contributed by atoms with Crippen LogP contribution in [0.5, 0.6) is 11.5 Å². The molecule has 3 aromatic carbocycles. The van der Waals surface area contributed by atoms with Crippen molar-refractivity contribution >= 4 is 52.8 Å². The molecule has 3 aromatic rings. The fourth-order valence-electron chi connectivity index (χ4n) is 3.47. The minimum Gasteiger partial charge on any atom is -0.493 e. The van der Waals surface area contributed by atoms with Crippen LogP contribution in [-0.2, 0) is 11.4 Å². The van der Waals surface area contributed by atoms with Crippen molar-refractivity contribution < 1.29 is 19.1 Å². The largest absolute Gasteiger partial charge is 0.493 e. The molecule has 0 heterocycles. The van der Waals surface area contributed by atoms with Gasteiger partial charge in [-0.15, -0.1) is 0 Å². The minimum atomic E-state index is -0.764. The van der Waals surface area contributed by atoms with Crippen molar-refractivity contribution in [2.45, 2.75) is 32.9 Å². The lowest BCUT2D eigenvalue weighted by molar-refractivity contribution is -0.123. The molecule has 0 saturated carbocycles. The van der Waals surface area contributed by atoms with Gasteiger partial charge in [0.2, 0.25) is 0 Å². The van der Waals surface area contributed by atoms with Crippen LogP contribution in [0.2, 0.25) is 15.1 Å². The molecule has 7 nitrogen and oxygen atoms in total. The van der Waals surface area contributed by atoms with E-state index in [4.69, 9.17) is 44.3 Å². The summed E-state index contributed by atoms with van der Waals surface area (Å²) >= 11 is 18.1. The van der Waals surface area contributed by atoms with E-state index in [-0.39, 0.29) is 18.4 Å². The number of carbonyl (C=O) groups excluding carboxylic acids is 2. The third-order valence-corrected chi connectivity index (χ3v) is 6.25. The molecule has 2 amide bonds. The first-order valence-corrected chi connectivity index (χ1v) is 12.9. The number of nitrogens with one attached hydrogen (secondary N) is 2. The zero-order valence-corrected chi connectivity index (χ0v) is 23.4. The molecule has 0 spiro atoms. The highest BCUT2D eigenvalue weighted by molar-refractivity contribution is 6.35. The number of benzene rings is 3. The number of hydrazone groups is 1. The third-order valence-electron chi connectivity index (χ3n) is 5.41. The number of carbonyl (C=O) groups is 2. The van der Waals surface area contributed by atoms with Gasteiger partial charge in [-0.2, -0.15) is 5.10 Å². The second kappa shape index (κ2) is 14.0. The Morgan fingerprint density at radius 2 is 1.66 bits per heavy atom. The van der Waals surface area contributed by atoms with Crippen molar-refractivity contribution in [3.63, 3.8) is 0 Å². The maximum Gasteiger partial charge on any atom is 0.262 e. The number of nitrogens with zero attached hydrogens (tertiary/aromatic N) is 1. The molecule has 0 fully saturated rings. The third kappa shape index (κ3) is 8.65. The Bertz CT molecular complexity index is 1300. The highest BCUT2D eigenvalue weighted by atomic mass is 35.5. The van der Waals surface area contributed by atoms with Crippen LogP contribution in [0.4, 0.5) is 0 Å². The number of hydrogen-bond donors (Lipinski definition) is 2. The lowest BCUT2D eigenvalue weighted by atomic mass is 10.0. The Morgan fingerprint density at radius 1 is 0.947 bits per heavy atom. The van der Waals surface area contributed by atoms with Crippen molar-refractivity contribution in [1.82, 2.24) is 10.7 Å². The molecule has 38 heavy (non-hydrogen) atoms. The van der Waals surface area contributed by atoms with Crippen LogP contribution in [0.25, 0.3) is 0 Å². The molecule has 0 saturated heterocycles. The number of ether oxygens (including phenoxy) is 2. The summed E-state index contributed by atoms with van der Waals surface area (Å²) in [5.41, 5.74) is 4.37. The van der Waals surface area contributed by atoms with Gasteiger partial charge in [-0.25, -0.2) is 5.43 Å². The summed E-state index contributed by atoms with van der Waals surface area (Å²) in [6.45, 7) is 4.17. The fraction of sp³-hybridized carbons (Fsp3) is 0.250. The van der Waals surface area contributed by atoms with Gasteiger partial charge in [0.1, 0.15) is 12.6 Å². The van der Waals surface area contributed by atoms with Crippen LogP contribution < -0.4 is 20.2 Å². The van der Waals surface area contributed by atoms with Crippen LogP contribution in [0.1, 0.15) is 41.8 Å². The van der Waals surface area contributed by atoms with E-state index in [1.807, 2.05) is 13.8 Å². The lowest BCUT2D eigenvalue weighted by Gasteiger charge is -2.19. The molecule has 1 unspecified atom stereocenters. The average molecular weight is 577 g/mol. The summed E-state index contributed by atoms with van der Waals surface area (Å²) in [6.07, 6.45) is 1.92. The van der Waals surface area contributed by atoms with E-state index in [1.165, 1.54) is 13.3 Å². The van der Waals surface area contributed by atoms with Crippen LogP contribution in [0, 0.1) is 5.92 Å². The van der Waals surface area contributed by atoms with Crippen LogP contribution >= 0.6 is 34.8 Å². The monoisotopic (exact) mass is 575 g/mol. The standard InChI is InChI=1S/C28H28Cl3N3O4/c1-17(2)12-24(33-27(35)19-5-8-21(29)9-6-19)28(36)34-32-15-18-4-11-25(26(13-18)37-3)38-16-20-7-10-22(30)14-23(20)31/h4-11,13-15,17,24H,12,16H2,1-3H3,(H,33,35)(H,34,36)/b32-15+. The molecule has 10 heteroatoms. The molecule has 3 rings (SSSR count). The number of halogens is 3. The van der Waals surface area contributed by atoms with E-state index >= 15 is 0 Å². The topological polar surface area (TPSA) is 89.0 Å². The van der Waals surface area contributed by atoms with Gasteiger partial charge in [-0.1, -0.05) is 54.7 Å². The Balaban J connectivity index is 1.62. The van der Waals surface area contributed by atoms with E-state index in [1.54, 1.807) is 60.7 Å². The van der Waals surface area contributed by atoms with Gasteiger partial charge < -0.3 is 14.8 Å². The zero-order chi connectivity index (χ0) is 27.7. The van der Waals surface area contributed by atoms with Crippen molar-refractivity contribution in [1.29, 1.82) is 0 Å². The molecular formula is C28H28Cl3N3O4. The molecule has 0 bridgehead atoms. The number of amides is 2. The van der Waals surface area contributed by atoms with Gasteiger partial charge in [0.15, 0.2) is 11.5 Å². The molecule has 0 aliphatic carbocycles. The first kappa shape index (κ1) is 29.3. The van der Waals surface area contributed by atoms with Gasteiger partial charge in [0.25, 0.3) is 11.8 Å². The van der Waals surface area contributed by atoms with Crippen molar-refractivity contribution in [3.8, 4) is 11.5 Å². The van der Waals surface area contributed by atoms with Crippen LogP contribution in [0.15, 0.2) is 65.8 Å². The van der Waals surface area contributed by atoms with Gasteiger partial charge in [0, 0.05) is 26.2 Å². The molecule has 0 aliphatic heterocycles. The van der Waals surface area contributed by atoms with E-state index in [2.05, 4.69) is 15.8 Å². The maximum atomic E-state index is 12.8. The molecular weight excluding hydrogens is 549 g/mol. The number of hydrogen-bond acceptors (Lipinski definition) is 5. The van der Waals surface area contributed by atoms with E-state index in [0.29, 0.717) is 44.1 Å². The summed E-state index contributed by atoms with van der Waals surface area (Å²) in [6, 6.07) is 16.1. The first-order chi connectivity index (χ1) is 18.2. The smallest absolute Gasteiger partial charge is 0.262 e. The zero-order valence-electron chi connectivity index (χ0n) is 21.1. The van der Waals surface area contributed by atoms with Crippen LogP contribution in [0.3, 0.4) is 0 Å². The SMILES string of the molecule is COc1cc(/C=N/NC(=O)C(CC(C)C)NC(=O)c2ccc(Cl)cc2)ccc1OCc1ccc(Cl)cc1Cl. The molecule has 200 valence electrons. The fourth-order valence-corrected chi connectivity index (χ4v) is 4.06. The Hall–Kier alpha value is -3.26. The predicted octanol–water partition coefficient (Wildman–Crippen LogP) is 6.53. The first-order valence-electron chi connectivity index (χ1n) is 11.8. The van der Waals surface area contributed by atoms with Crippen molar-refractivity contribution in [2.75, 3.05) is 7.11 Å². The lowest BCUT2D eigenvalue weighted by Crippen LogP contribution is -2.46. The average Bonchev–Trinajstić information content (AvgIpc) is 2.88. The molecule has 0 radical (unpaired) electrons. The van der Waals surface area contributed by atoms with Gasteiger partial charge in [-0.05, 0) is 72.5 Å². The highest BCUT2D eigenvalue weighted by Gasteiger charge is 2.22. The second-order valence-corrected chi connectivity index (χ2v) is 10.1. The second-order valence-electron chi connectivity index (χ2n) is 8.83. The Kier molecular flexibility index (Phi) is 10.8. The maximum absolute atomic E-state index is 12.8. The number of rotatable bonds is 11. The van der Waals surface area contributed by atoms with Crippen molar-refractivity contribution in [2.24, 2.45) is 11.0 Å².